The van der Waals surface area contributed by atoms with Gasteiger partial charge in [0.25, 0.3) is 0 Å². The van der Waals surface area contributed by atoms with Crippen molar-refractivity contribution in [1.29, 1.82) is 5.26 Å². The van der Waals surface area contributed by atoms with Crippen LogP contribution >= 0.6 is 11.8 Å². The Hall–Kier alpha value is -2.78. The Kier molecular flexibility index (Phi) is 6.41. The van der Waals surface area contributed by atoms with Gasteiger partial charge in [-0.3, -0.25) is 9.69 Å². The molecule has 122 valence electrons. The number of hydrogen-bond acceptors (Lipinski definition) is 4. The van der Waals surface area contributed by atoms with E-state index in [2.05, 4.69) is 5.32 Å². The van der Waals surface area contributed by atoms with Crippen LogP contribution in [0.4, 0.5) is 10.5 Å². The minimum atomic E-state index is -0.544. The molecule has 0 spiro atoms. The lowest BCUT2D eigenvalue weighted by Gasteiger charge is -2.20. The van der Waals surface area contributed by atoms with Crippen LogP contribution in [0.5, 0.6) is 0 Å². The van der Waals surface area contributed by atoms with Crippen molar-refractivity contribution in [2.75, 3.05) is 11.6 Å². The third-order valence-corrected chi connectivity index (χ3v) is 4.01. The zero-order valence-electron chi connectivity index (χ0n) is 13.2. The SMILES string of the molecule is CSc1cccc(NC(=O)N(Cc2ccccc2)C(=O)CC#N)c1. The first kappa shape index (κ1) is 17.6. The van der Waals surface area contributed by atoms with Gasteiger partial charge in [-0.1, -0.05) is 36.4 Å². The molecule has 0 aliphatic heterocycles. The maximum absolute atomic E-state index is 12.5. The smallest absolute Gasteiger partial charge is 0.307 e. The lowest BCUT2D eigenvalue weighted by atomic mass is 10.2. The van der Waals surface area contributed by atoms with Crippen LogP contribution < -0.4 is 5.32 Å². The molecule has 0 radical (unpaired) electrons. The van der Waals surface area contributed by atoms with E-state index in [1.807, 2.05) is 54.8 Å². The third kappa shape index (κ3) is 4.86. The standard InChI is InChI=1S/C18H17N3O2S/c1-24-16-9-5-8-15(12-16)20-18(23)21(17(22)10-11-19)13-14-6-3-2-4-7-14/h2-9,12H,10,13H2,1H3,(H,20,23). The maximum atomic E-state index is 12.5. The molecule has 1 N–H and O–H groups in total. The van der Waals surface area contributed by atoms with Crippen molar-refractivity contribution in [3.63, 3.8) is 0 Å². The van der Waals surface area contributed by atoms with Gasteiger partial charge >= 0.3 is 6.03 Å². The molecule has 3 amide bonds. The molecule has 0 aromatic heterocycles. The minimum absolute atomic E-state index is 0.120. The normalized spacial score (nSPS) is 9.83. The van der Waals surface area contributed by atoms with Gasteiger partial charge < -0.3 is 5.32 Å². The zero-order valence-corrected chi connectivity index (χ0v) is 14.0. The maximum Gasteiger partial charge on any atom is 0.328 e. The summed E-state index contributed by atoms with van der Waals surface area (Å²) in [6.45, 7) is 0.120. The number of anilines is 1. The molecule has 0 unspecified atom stereocenters. The number of rotatable bonds is 5. The fraction of sp³-hybridized carbons (Fsp3) is 0.167. The number of thioether (sulfide) groups is 1. The van der Waals surface area contributed by atoms with Crippen molar-refractivity contribution in [3.05, 3.63) is 60.2 Å². The van der Waals surface area contributed by atoms with Crippen LogP contribution in [-0.4, -0.2) is 23.1 Å². The summed E-state index contributed by atoms with van der Waals surface area (Å²) in [5.74, 6) is -0.528. The second-order valence-electron chi connectivity index (χ2n) is 4.96. The average Bonchev–Trinajstić information content (AvgIpc) is 2.60. The molecule has 0 aliphatic carbocycles. The molecule has 0 heterocycles. The van der Waals surface area contributed by atoms with E-state index in [0.717, 1.165) is 15.4 Å². The highest BCUT2D eigenvalue weighted by Gasteiger charge is 2.21. The van der Waals surface area contributed by atoms with E-state index in [-0.39, 0.29) is 13.0 Å². The van der Waals surface area contributed by atoms with E-state index in [1.54, 1.807) is 23.9 Å². The van der Waals surface area contributed by atoms with Crippen molar-refractivity contribution >= 4 is 29.4 Å². The quantitative estimate of drug-likeness (QED) is 0.839. The molecule has 0 fully saturated rings. The molecule has 2 rings (SSSR count). The molecule has 0 bridgehead atoms. The summed E-state index contributed by atoms with van der Waals surface area (Å²) >= 11 is 1.56. The van der Waals surface area contributed by atoms with Crippen LogP contribution in [0.1, 0.15) is 12.0 Å². The number of urea groups is 1. The number of amides is 3. The third-order valence-electron chi connectivity index (χ3n) is 3.28. The Morgan fingerprint density at radius 3 is 2.58 bits per heavy atom. The Morgan fingerprint density at radius 1 is 1.17 bits per heavy atom. The fourth-order valence-electron chi connectivity index (χ4n) is 2.09. The molecule has 5 nitrogen and oxygen atoms in total. The summed E-state index contributed by atoms with van der Waals surface area (Å²) in [5.41, 5.74) is 1.42. The van der Waals surface area contributed by atoms with Crippen molar-refractivity contribution in [2.45, 2.75) is 17.9 Å². The van der Waals surface area contributed by atoms with E-state index in [4.69, 9.17) is 5.26 Å². The minimum Gasteiger partial charge on any atom is -0.307 e. The summed E-state index contributed by atoms with van der Waals surface area (Å²) in [6, 6.07) is 17.8. The van der Waals surface area contributed by atoms with Gasteiger partial charge in [0.1, 0.15) is 6.42 Å². The van der Waals surface area contributed by atoms with Crippen LogP contribution in [-0.2, 0) is 11.3 Å². The van der Waals surface area contributed by atoms with E-state index < -0.39 is 11.9 Å². The molecular formula is C18H17N3O2S. The Labute approximate surface area is 145 Å². The largest absolute Gasteiger partial charge is 0.328 e. The molecule has 2 aromatic rings. The predicted octanol–water partition coefficient (Wildman–Crippen LogP) is 3.88. The number of imide groups is 1. The first-order valence-corrected chi connectivity index (χ1v) is 8.53. The van der Waals surface area contributed by atoms with E-state index >= 15 is 0 Å². The lowest BCUT2D eigenvalue weighted by molar-refractivity contribution is -0.127. The number of carbonyl (C=O) groups is 2. The number of hydrogen-bond donors (Lipinski definition) is 1. The van der Waals surface area contributed by atoms with E-state index in [9.17, 15) is 9.59 Å². The fourth-order valence-corrected chi connectivity index (χ4v) is 2.55. The van der Waals surface area contributed by atoms with E-state index in [1.165, 1.54) is 0 Å². The van der Waals surface area contributed by atoms with Crippen LogP contribution in [0.2, 0.25) is 0 Å². The molecule has 0 saturated carbocycles. The Balaban J connectivity index is 2.17. The predicted molar refractivity (Wildman–Crippen MR) is 94.5 cm³/mol. The van der Waals surface area contributed by atoms with Gasteiger partial charge in [-0.25, -0.2) is 4.79 Å². The molecule has 24 heavy (non-hydrogen) atoms. The Bertz CT molecular complexity index is 756. The molecule has 6 heteroatoms. The van der Waals surface area contributed by atoms with Gasteiger partial charge in [0.15, 0.2) is 0 Å². The van der Waals surface area contributed by atoms with Crippen molar-refractivity contribution in [3.8, 4) is 6.07 Å². The first-order chi connectivity index (χ1) is 11.6. The van der Waals surface area contributed by atoms with Crippen molar-refractivity contribution < 1.29 is 9.59 Å². The van der Waals surface area contributed by atoms with Gasteiger partial charge in [0.05, 0.1) is 12.6 Å². The van der Waals surface area contributed by atoms with Crippen LogP contribution in [0.25, 0.3) is 0 Å². The van der Waals surface area contributed by atoms with Gasteiger partial charge in [0.2, 0.25) is 5.91 Å². The highest BCUT2D eigenvalue weighted by Crippen LogP contribution is 2.19. The highest BCUT2D eigenvalue weighted by atomic mass is 32.2. The second kappa shape index (κ2) is 8.75. The number of benzene rings is 2. The summed E-state index contributed by atoms with van der Waals surface area (Å²) in [6.07, 6.45) is 1.60. The number of nitrogens with zero attached hydrogens (tertiary/aromatic N) is 2. The second-order valence-corrected chi connectivity index (χ2v) is 5.84. The van der Waals surface area contributed by atoms with Crippen LogP contribution in [0, 0.1) is 11.3 Å². The van der Waals surface area contributed by atoms with Crippen molar-refractivity contribution in [1.82, 2.24) is 4.90 Å². The van der Waals surface area contributed by atoms with E-state index in [0.29, 0.717) is 5.69 Å². The summed E-state index contributed by atoms with van der Waals surface area (Å²) in [5, 5.41) is 11.5. The molecule has 2 aromatic carbocycles. The van der Waals surface area contributed by atoms with Crippen LogP contribution in [0.3, 0.4) is 0 Å². The van der Waals surface area contributed by atoms with Gasteiger partial charge in [-0.2, -0.15) is 5.26 Å². The van der Waals surface area contributed by atoms with Gasteiger partial charge in [-0.05, 0) is 30.0 Å². The summed E-state index contributed by atoms with van der Waals surface area (Å²) < 4.78 is 0. The van der Waals surface area contributed by atoms with Gasteiger partial charge in [0, 0.05) is 10.6 Å². The molecule has 0 aliphatic rings. The number of nitriles is 1. The molecular weight excluding hydrogens is 322 g/mol. The average molecular weight is 339 g/mol. The topological polar surface area (TPSA) is 73.2 Å². The summed E-state index contributed by atoms with van der Waals surface area (Å²) in [7, 11) is 0. The molecule has 0 atom stereocenters. The summed E-state index contributed by atoms with van der Waals surface area (Å²) in [4.78, 5) is 26.7. The zero-order chi connectivity index (χ0) is 17.4. The van der Waals surface area contributed by atoms with Crippen molar-refractivity contribution in [2.24, 2.45) is 0 Å². The first-order valence-electron chi connectivity index (χ1n) is 7.30. The number of carbonyl (C=O) groups excluding carboxylic acids is 2. The Morgan fingerprint density at radius 2 is 1.92 bits per heavy atom. The monoisotopic (exact) mass is 339 g/mol. The van der Waals surface area contributed by atoms with Gasteiger partial charge in [-0.15, -0.1) is 11.8 Å². The van der Waals surface area contributed by atoms with Crippen LogP contribution in [0.15, 0.2) is 59.5 Å². The molecule has 0 saturated heterocycles. The highest BCUT2D eigenvalue weighted by molar-refractivity contribution is 7.98. The lowest BCUT2D eigenvalue weighted by Crippen LogP contribution is -2.39. The number of nitrogens with one attached hydrogen (secondary N) is 1.